The Morgan fingerprint density at radius 1 is 0.907 bits per heavy atom. The molecule has 2 saturated heterocycles. The molecule has 1 atom stereocenters. The highest BCUT2D eigenvalue weighted by atomic mass is 19.4. The number of H-pyrrole nitrogens is 1. The highest BCUT2D eigenvalue weighted by molar-refractivity contribution is 6.15. The molecule has 1 spiro atoms. The minimum atomic E-state index is -4.95. The number of aliphatic imine (C=N–C) groups is 1. The predicted octanol–water partition coefficient (Wildman–Crippen LogP) is 4.61. The fraction of sp³-hybridized carbons (Fsp3) is 0.438. The Bertz CT molecular complexity index is 1620. The van der Waals surface area contributed by atoms with Crippen molar-refractivity contribution in [2.24, 2.45) is 16.8 Å². The molecule has 43 heavy (non-hydrogen) atoms. The molecule has 3 aromatic rings. The highest BCUT2D eigenvalue weighted by Crippen LogP contribution is 2.38. The molecule has 1 N–H and O–H groups in total. The highest BCUT2D eigenvalue weighted by Gasteiger charge is 2.53. The van der Waals surface area contributed by atoms with E-state index < -0.39 is 17.6 Å². The smallest absolute Gasteiger partial charge is 0.361 e. The second-order valence-corrected chi connectivity index (χ2v) is 12.2. The topological polar surface area (TPSA) is 89.1 Å². The molecule has 3 amide bonds. The van der Waals surface area contributed by atoms with Gasteiger partial charge < -0.3 is 14.8 Å². The zero-order valence-electron chi connectivity index (χ0n) is 23.6. The molecular formula is C32H32F3N5O3. The average Bonchev–Trinajstić information content (AvgIpc) is 3.46. The van der Waals surface area contributed by atoms with E-state index in [9.17, 15) is 27.6 Å². The van der Waals surface area contributed by atoms with Gasteiger partial charge in [-0.15, -0.1) is 0 Å². The first-order valence-corrected chi connectivity index (χ1v) is 14.9. The Labute approximate surface area is 246 Å². The summed E-state index contributed by atoms with van der Waals surface area (Å²) in [5.41, 5.74) is 2.63. The van der Waals surface area contributed by atoms with Crippen molar-refractivity contribution in [1.82, 2.24) is 19.7 Å². The molecule has 3 aliphatic heterocycles. The molecular weight excluding hydrogens is 559 g/mol. The first-order valence-electron chi connectivity index (χ1n) is 14.9. The third-order valence-electron chi connectivity index (χ3n) is 9.33. The lowest BCUT2D eigenvalue weighted by atomic mass is 9.87. The van der Waals surface area contributed by atoms with Gasteiger partial charge in [0.05, 0.1) is 0 Å². The van der Waals surface area contributed by atoms with Crippen LogP contribution in [0.4, 0.5) is 13.2 Å². The van der Waals surface area contributed by atoms with Crippen LogP contribution in [0.2, 0.25) is 0 Å². The summed E-state index contributed by atoms with van der Waals surface area (Å²) in [6.07, 6.45) is -0.355. The Hall–Kier alpha value is -4.15. The van der Waals surface area contributed by atoms with E-state index in [4.69, 9.17) is 4.99 Å². The van der Waals surface area contributed by atoms with Crippen molar-refractivity contribution in [1.29, 1.82) is 0 Å². The van der Waals surface area contributed by atoms with Crippen molar-refractivity contribution in [3.63, 3.8) is 0 Å². The van der Waals surface area contributed by atoms with Crippen LogP contribution in [0.15, 0.2) is 59.7 Å². The van der Waals surface area contributed by atoms with Gasteiger partial charge in [0.25, 0.3) is 5.91 Å². The van der Waals surface area contributed by atoms with Gasteiger partial charge in [-0.2, -0.15) is 13.2 Å². The molecule has 4 heterocycles. The molecule has 11 heteroatoms. The lowest BCUT2D eigenvalue weighted by molar-refractivity contribution is -0.187. The van der Waals surface area contributed by atoms with Crippen molar-refractivity contribution in [2.45, 2.75) is 43.8 Å². The third-order valence-corrected chi connectivity index (χ3v) is 9.33. The predicted molar refractivity (Wildman–Crippen MR) is 154 cm³/mol. The molecule has 1 aromatic heterocycles. The van der Waals surface area contributed by atoms with Crippen molar-refractivity contribution >= 4 is 34.5 Å². The molecule has 0 radical (unpaired) electrons. The molecule has 1 unspecified atom stereocenters. The maximum atomic E-state index is 14.1. The number of nitrogens with one attached hydrogen (secondary N) is 1. The van der Waals surface area contributed by atoms with Gasteiger partial charge in [0.15, 0.2) is 0 Å². The monoisotopic (exact) mass is 591 g/mol. The molecule has 224 valence electrons. The number of hydrogen-bond donors (Lipinski definition) is 1. The number of amidine groups is 1. The van der Waals surface area contributed by atoms with E-state index in [1.165, 1.54) is 0 Å². The minimum Gasteiger partial charge on any atom is -0.361 e. The van der Waals surface area contributed by atoms with Gasteiger partial charge >= 0.3 is 12.1 Å². The Kier molecular flexibility index (Phi) is 6.59. The van der Waals surface area contributed by atoms with Crippen LogP contribution in [0.1, 0.15) is 37.7 Å². The lowest BCUT2D eigenvalue weighted by Crippen LogP contribution is -2.54. The summed E-state index contributed by atoms with van der Waals surface area (Å²) in [4.78, 5) is 51.0. The largest absolute Gasteiger partial charge is 0.471 e. The number of carbonyl (C=O) groups excluding carboxylic acids is 3. The summed E-state index contributed by atoms with van der Waals surface area (Å²) < 4.78 is 39.3. The number of nitrogens with zero attached hydrogens (tertiary/aromatic N) is 4. The third kappa shape index (κ3) is 5.08. The number of amides is 3. The van der Waals surface area contributed by atoms with Crippen LogP contribution >= 0.6 is 0 Å². The van der Waals surface area contributed by atoms with Crippen LogP contribution in [0, 0.1) is 11.8 Å². The second kappa shape index (κ2) is 10.2. The van der Waals surface area contributed by atoms with Gasteiger partial charge in [-0.3, -0.25) is 24.3 Å². The number of aromatic nitrogens is 1. The van der Waals surface area contributed by atoms with Gasteiger partial charge in [-0.05, 0) is 72.7 Å². The molecule has 4 aliphatic rings. The van der Waals surface area contributed by atoms with Crippen LogP contribution in [0.25, 0.3) is 22.0 Å². The summed E-state index contributed by atoms with van der Waals surface area (Å²) in [5, 5.41) is 1.10. The molecule has 1 aliphatic carbocycles. The number of likely N-dealkylation sites (tertiary alicyclic amines) is 2. The number of piperidine rings is 1. The average molecular weight is 592 g/mol. The SMILES string of the molecule is O=C(C1CC1)N1CCC(CN2C(=O)C3(CCN(C(=O)C(F)(F)F)CC3)N=C2c2ccc(-c3ccc4[nH]ccc4c3)cc2)C1. The Balaban J connectivity index is 1.15. The van der Waals surface area contributed by atoms with Crippen LogP contribution < -0.4 is 0 Å². The van der Waals surface area contributed by atoms with E-state index in [-0.39, 0.29) is 49.6 Å². The van der Waals surface area contributed by atoms with Gasteiger partial charge in [-0.1, -0.05) is 30.3 Å². The van der Waals surface area contributed by atoms with Crippen molar-refractivity contribution in [3.05, 3.63) is 60.3 Å². The number of rotatable bonds is 5. The van der Waals surface area contributed by atoms with Gasteiger partial charge in [-0.25, -0.2) is 0 Å². The van der Waals surface area contributed by atoms with Crippen molar-refractivity contribution in [2.75, 3.05) is 32.7 Å². The van der Waals surface area contributed by atoms with Gasteiger partial charge in [0.2, 0.25) is 5.91 Å². The van der Waals surface area contributed by atoms with E-state index in [2.05, 4.69) is 11.1 Å². The first-order chi connectivity index (χ1) is 20.6. The maximum absolute atomic E-state index is 14.1. The molecule has 7 rings (SSSR count). The zero-order chi connectivity index (χ0) is 29.9. The van der Waals surface area contributed by atoms with E-state index in [0.29, 0.717) is 25.5 Å². The van der Waals surface area contributed by atoms with E-state index in [1.807, 2.05) is 53.6 Å². The first kappa shape index (κ1) is 27.7. The number of fused-ring (bicyclic) bond motifs is 1. The number of hydrogen-bond acceptors (Lipinski definition) is 4. The molecule has 0 bridgehead atoms. The second-order valence-electron chi connectivity index (χ2n) is 12.2. The Morgan fingerprint density at radius 2 is 1.60 bits per heavy atom. The van der Waals surface area contributed by atoms with Crippen LogP contribution in [-0.4, -0.2) is 87.7 Å². The summed E-state index contributed by atoms with van der Waals surface area (Å²) in [5.74, 6) is -1.22. The number of benzene rings is 2. The number of carbonyl (C=O) groups is 3. The van der Waals surface area contributed by atoms with Gasteiger partial charge in [0.1, 0.15) is 11.4 Å². The van der Waals surface area contributed by atoms with Crippen molar-refractivity contribution in [3.8, 4) is 11.1 Å². The molecule has 8 nitrogen and oxygen atoms in total. The zero-order valence-corrected chi connectivity index (χ0v) is 23.6. The number of alkyl halides is 3. The summed E-state index contributed by atoms with van der Waals surface area (Å²) in [6.45, 7) is 1.23. The molecule has 2 aromatic carbocycles. The maximum Gasteiger partial charge on any atom is 0.471 e. The van der Waals surface area contributed by atoms with Gasteiger partial charge in [0, 0.05) is 55.9 Å². The normalized spacial score (nSPS) is 22.1. The van der Waals surface area contributed by atoms with E-state index in [1.54, 1.807) is 4.90 Å². The fourth-order valence-corrected chi connectivity index (χ4v) is 6.71. The lowest BCUT2D eigenvalue weighted by Gasteiger charge is -2.36. The Morgan fingerprint density at radius 3 is 2.30 bits per heavy atom. The van der Waals surface area contributed by atoms with E-state index in [0.717, 1.165) is 51.8 Å². The number of aromatic amines is 1. The summed E-state index contributed by atoms with van der Waals surface area (Å²) in [7, 11) is 0. The summed E-state index contributed by atoms with van der Waals surface area (Å²) >= 11 is 0. The van der Waals surface area contributed by atoms with E-state index >= 15 is 0 Å². The quantitative estimate of drug-likeness (QED) is 0.470. The van der Waals surface area contributed by atoms with Crippen LogP contribution in [0.3, 0.4) is 0 Å². The molecule has 3 fully saturated rings. The summed E-state index contributed by atoms with van der Waals surface area (Å²) in [6, 6.07) is 16.0. The minimum absolute atomic E-state index is 0.0272. The van der Waals surface area contributed by atoms with Crippen molar-refractivity contribution < 1.29 is 27.6 Å². The number of halogens is 3. The van der Waals surface area contributed by atoms with Crippen LogP contribution in [0.5, 0.6) is 0 Å². The standard InChI is InChI=1S/C32H32F3N5O3/c33-32(34,35)30(43)38-15-11-31(12-16-38)29(42)40(19-20-10-14-39(18-20)28(41)23-5-6-23)27(37-31)22-3-1-21(2-4-22)24-7-8-26-25(17-24)9-13-36-26/h1-4,7-9,13,17,20,23,36H,5-6,10-12,14-16,18-19H2. The molecule has 1 saturated carbocycles. The van der Waals surface area contributed by atoms with Crippen LogP contribution in [-0.2, 0) is 14.4 Å². The fourth-order valence-electron chi connectivity index (χ4n) is 6.71.